The molecule has 4 fully saturated rings. The second-order valence-electron chi connectivity index (χ2n) is 11.4. The lowest BCUT2D eigenvalue weighted by atomic mass is 9.56. The normalized spacial score (nSPS) is 39.7. The molecule has 4 aliphatic rings. The SMILES string of the molecule is CCC1CC2CC(C)(CC(=O)N3C(C#N)CC4CC43)CC(OC(=O)CCCC(N)=O)(C1)C2. The van der Waals surface area contributed by atoms with Gasteiger partial charge in [0.1, 0.15) is 11.6 Å². The minimum atomic E-state index is -0.525. The van der Waals surface area contributed by atoms with Gasteiger partial charge in [-0.2, -0.15) is 5.26 Å². The molecule has 2 amide bonds. The topological polar surface area (TPSA) is 113 Å². The molecule has 3 aliphatic carbocycles. The monoisotopic (exact) mass is 443 g/mol. The van der Waals surface area contributed by atoms with E-state index in [0.29, 0.717) is 37.0 Å². The van der Waals surface area contributed by atoms with E-state index in [2.05, 4.69) is 19.9 Å². The predicted octanol–water partition coefficient (Wildman–Crippen LogP) is 3.45. The standard InChI is InChI=1S/C25H37N3O4/c1-3-16-7-17-10-24(2,13-22(30)28-19(14-26)8-18-9-20(18)28)15-25(11-16,12-17)32-23(31)6-4-5-21(27)29/h16-20H,3-13,15H2,1-2H3,(H2,27,29). The van der Waals surface area contributed by atoms with Crippen molar-refractivity contribution >= 4 is 17.8 Å². The van der Waals surface area contributed by atoms with Crippen molar-refractivity contribution in [3.8, 4) is 6.07 Å². The molecular formula is C25H37N3O4. The van der Waals surface area contributed by atoms with Gasteiger partial charge >= 0.3 is 5.97 Å². The molecule has 0 aromatic carbocycles. The van der Waals surface area contributed by atoms with Gasteiger partial charge in [-0.15, -0.1) is 0 Å². The number of carbonyl (C=O) groups excluding carboxylic acids is 3. The number of ether oxygens (including phenoxy) is 1. The summed E-state index contributed by atoms with van der Waals surface area (Å²) in [5.41, 5.74) is 4.44. The number of amides is 2. The maximum atomic E-state index is 13.3. The summed E-state index contributed by atoms with van der Waals surface area (Å²) in [5.74, 6) is 0.916. The number of primary amides is 1. The lowest BCUT2D eigenvalue weighted by Crippen LogP contribution is -2.52. The summed E-state index contributed by atoms with van der Waals surface area (Å²) in [6.45, 7) is 4.36. The van der Waals surface area contributed by atoms with Crippen molar-refractivity contribution < 1.29 is 19.1 Å². The Balaban J connectivity index is 1.46. The number of hydrogen-bond donors (Lipinski definition) is 1. The van der Waals surface area contributed by atoms with Gasteiger partial charge in [-0.05, 0) is 74.5 Å². The maximum absolute atomic E-state index is 13.3. The average molecular weight is 444 g/mol. The minimum Gasteiger partial charge on any atom is -0.459 e. The molecule has 7 atom stereocenters. The van der Waals surface area contributed by atoms with Gasteiger partial charge in [-0.25, -0.2) is 0 Å². The van der Waals surface area contributed by atoms with E-state index < -0.39 is 11.5 Å². The number of carbonyl (C=O) groups is 3. The van der Waals surface area contributed by atoms with Crippen LogP contribution in [0.1, 0.15) is 90.9 Å². The van der Waals surface area contributed by atoms with E-state index in [0.717, 1.165) is 44.9 Å². The van der Waals surface area contributed by atoms with E-state index in [1.807, 2.05) is 4.90 Å². The van der Waals surface area contributed by atoms with Crippen molar-refractivity contribution in [3.05, 3.63) is 0 Å². The first-order valence-electron chi connectivity index (χ1n) is 12.4. The molecule has 1 saturated heterocycles. The maximum Gasteiger partial charge on any atom is 0.306 e. The van der Waals surface area contributed by atoms with Crippen molar-refractivity contribution in [1.82, 2.24) is 4.90 Å². The predicted molar refractivity (Wildman–Crippen MR) is 118 cm³/mol. The van der Waals surface area contributed by atoms with Gasteiger partial charge in [0.25, 0.3) is 0 Å². The molecular weight excluding hydrogens is 406 g/mol. The van der Waals surface area contributed by atoms with Crippen molar-refractivity contribution in [3.63, 3.8) is 0 Å². The number of nitrogens with zero attached hydrogens (tertiary/aromatic N) is 2. The van der Waals surface area contributed by atoms with E-state index in [1.54, 1.807) is 0 Å². The number of rotatable bonds is 8. The summed E-state index contributed by atoms with van der Waals surface area (Å²) in [5, 5.41) is 9.50. The van der Waals surface area contributed by atoms with Gasteiger partial charge < -0.3 is 15.4 Å². The molecule has 2 N–H and O–H groups in total. The number of esters is 1. The quantitative estimate of drug-likeness (QED) is 0.577. The highest BCUT2D eigenvalue weighted by Gasteiger charge is 2.57. The Kier molecular flexibility index (Phi) is 6.26. The number of fused-ring (bicyclic) bond motifs is 3. The van der Waals surface area contributed by atoms with Crippen molar-refractivity contribution in [1.29, 1.82) is 5.26 Å². The van der Waals surface area contributed by atoms with Gasteiger partial charge in [0.15, 0.2) is 0 Å². The molecule has 1 aliphatic heterocycles. The van der Waals surface area contributed by atoms with Crippen molar-refractivity contribution in [2.75, 3.05) is 0 Å². The third-order valence-corrected chi connectivity index (χ3v) is 8.35. The van der Waals surface area contributed by atoms with Crippen LogP contribution < -0.4 is 5.73 Å². The molecule has 1 heterocycles. The first kappa shape index (κ1) is 23.1. The Morgan fingerprint density at radius 1 is 1.16 bits per heavy atom. The Morgan fingerprint density at radius 2 is 1.94 bits per heavy atom. The van der Waals surface area contributed by atoms with Crippen LogP contribution in [0, 0.1) is 34.5 Å². The molecule has 7 nitrogen and oxygen atoms in total. The Labute approximate surface area is 191 Å². The highest BCUT2D eigenvalue weighted by molar-refractivity contribution is 5.79. The summed E-state index contributed by atoms with van der Waals surface area (Å²) >= 11 is 0. The number of nitriles is 1. The fraction of sp³-hybridized carbons (Fsp3) is 0.840. The number of likely N-dealkylation sites (tertiary alicyclic amines) is 1. The third-order valence-electron chi connectivity index (χ3n) is 8.35. The molecule has 0 spiro atoms. The van der Waals surface area contributed by atoms with Crippen LogP contribution in [-0.4, -0.2) is 40.4 Å². The van der Waals surface area contributed by atoms with Crippen LogP contribution in [0.4, 0.5) is 0 Å². The highest BCUT2D eigenvalue weighted by Crippen LogP contribution is 2.57. The molecule has 7 unspecified atom stereocenters. The summed E-state index contributed by atoms with van der Waals surface area (Å²) in [6, 6.07) is 2.31. The Morgan fingerprint density at radius 3 is 2.62 bits per heavy atom. The van der Waals surface area contributed by atoms with Gasteiger partial charge in [0.2, 0.25) is 11.8 Å². The van der Waals surface area contributed by atoms with E-state index in [-0.39, 0.29) is 42.2 Å². The zero-order valence-electron chi connectivity index (χ0n) is 19.5. The molecule has 4 rings (SSSR count). The number of hydrogen-bond acceptors (Lipinski definition) is 5. The van der Waals surface area contributed by atoms with E-state index >= 15 is 0 Å². The first-order valence-corrected chi connectivity index (χ1v) is 12.4. The molecule has 3 saturated carbocycles. The van der Waals surface area contributed by atoms with Crippen LogP contribution >= 0.6 is 0 Å². The lowest BCUT2D eigenvalue weighted by molar-refractivity contribution is -0.183. The second-order valence-corrected chi connectivity index (χ2v) is 11.4. The van der Waals surface area contributed by atoms with Gasteiger partial charge in [-0.1, -0.05) is 20.3 Å². The highest BCUT2D eigenvalue weighted by atomic mass is 16.6. The smallest absolute Gasteiger partial charge is 0.306 e. The van der Waals surface area contributed by atoms with Gasteiger partial charge in [-0.3, -0.25) is 14.4 Å². The van der Waals surface area contributed by atoms with Crippen molar-refractivity contribution in [2.24, 2.45) is 28.9 Å². The third kappa shape index (κ3) is 4.79. The number of nitrogens with two attached hydrogens (primary N) is 1. The number of piperidine rings is 1. The van der Waals surface area contributed by atoms with E-state index in [9.17, 15) is 19.6 Å². The van der Waals surface area contributed by atoms with E-state index in [1.165, 1.54) is 0 Å². The van der Waals surface area contributed by atoms with Gasteiger partial charge in [0.05, 0.1) is 6.07 Å². The summed E-state index contributed by atoms with van der Waals surface area (Å²) in [7, 11) is 0. The molecule has 7 heteroatoms. The summed E-state index contributed by atoms with van der Waals surface area (Å²) in [6.07, 6.45) is 8.63. The largest absolute Gasteiger partial charge is 0.459 e. The first-order chi connectivity index (χ1) is 15.2. The zero-order valence-corrected chi connectivity index (χ0v) is 19.5. The minimum absolute atomic E-state index is 0.0963. The van der Waals surface area contributed by atoms with Gasteiger partial charge in [0, 0.05) is 25.3 Å². The fourth-order valence-electron chi connectivity index (χ4n) is 7.27. The zero-order chi connectivity index (χ0) is 23.1. The molecule has 0 aromatic heterocycles. The average Bonchev–Trinajstić information content (AvgIpc) is 3.34. The van der Waals surface area contributed by atoms with Crippen LogP contribution in [0.5, 0.6) is 0 Å². The van der Waals surface area contributed by atoms with Crippen molar-refractivity contribution in [2.45, 2.75) is 109 Å². The summed E-state index contributed by atoms with van der Waals surface area (Å²) in [4.78, 5) is 38.9. The molecule has 176 valence electrons. The van der Waals surface area contributed by atoms with Crippen LogP contribution in [0.2, 0.25) is 0 Å². The van der Waals surface area contributed by atoms with Crippen LogP contribution in [0.25, 0.3) is 0 Å². The Bertz CT molecular complexity index is 822. The molecule has 0 aromatic rings. The van der Waals surface area contributed by atoms with Crippen LogP contribution in [-0.2, 0) is 19.1 Å². The van der Waals surface area contributed by atoms with Crippen LogP contribution in [0.15, 0.2) is 0 Å². The molecule has 0 radical (unpaired) electrons. The van der Waals surface area contributed by atoms with Crippen LogP contribution in [0.3, 0.4) is 0 Å². The lowest BCUT2D eigenvalue weighted by Gasteiger charge is -2.54. The second kappa shape index (κ2) is 8.68. The Hall–Kier alpha value is -2.10. The molecule has 32 heavy (non-hydrogen) atoms. The van der Waals surface area contributed by atoms with E-state index in [4.69, 9.17) is 10.5 Å². The summed E-state index contributed by atoms with van der Waals surface area (Å²) < 4.78 is 6.17. The fourth-order valence-corrected chi connectivity index (χ4v) is 7.27. The molecule has 2 bridgehead atoms.